The van der Waals surface area contributed by atoms with Crippen LogP contribution in [0, 0.1) is 5.92 Å². The third kappa shape index (κ3) is 4.54. The van der Waals surface area contributed by atoms with Gasteiger partial charge in [0.2, 0.25) is 5.91 Å². The smallest absolute Gasteiger partial charge is 0.216 e. The van der Waals surface area contributed by atoms with Gasteiger partial charge in [0.1, 0.15) is 0 Å². The summed E-state index contributed by atoms with van der Waals surface area (Å²) >= 11 is 12.0. The topological polar surface area (TPSA) is 49.3 Å². The van der Waals surface area contributed by atoms with Crippen molar-refractivity contribution < 1.29 is 9.90 Å². The lowest BCUT2D eigenvalue weighted by atomic mass is 10.00. The van der Waals surface area contributed by atoms with Crippen LogP contribution in [0.25, 0.3) is 0 Å². The van der Waals surface area contributed by atoms with E-state index < -0.39 is 0 Å². The van der Waals surface area contributed by atoms with Gasteiger partial charge in [0, 0.05) is 26.0 Å². The van der Waals surface area contributed by atoms with Gasteiger partial charge in [-0.25, -0.2) is 0 Å². The van der Waals surface area contributed by atoms with Crippen LogP contribution in [-0.4, -0.2) is 24.2 Å². The van der Waals surface area contributed by atoms with E-state index in [9.17, 15) is 9.90 Å². The molecule has 0 aromatic heterocycles. The minimum atomic E-state index is -0.111. The van der Waals surface area contributed by atoms with Crippen LogP contribution in [-0.2, 0) is 11.2 Å². The molecule has 0 aliphatic rings. The Morgan fingerprint density at radius 1 is 1.47 bits per heavy atom. The minimum Gasteiger partial charge on any atom is -0.396 e. The Morgan fingerprint density at radius 2 is 2.18 bits per heavy atom. The molecule has 1 rings (SSSR count). The van der Waals surface area contributed by atoms with Crippen LogP contribution in [0.2, 0.25) is 10.0 Å². The highest BCUT2D eigenvalue weighted by atomic mass is 35.5. The molecule has 2 N–H and O–H groups in total. The molecule has 5 heteroatoms. The van der Waals surface area contributed by atoms with Gasteiger partial charge in [-0.05, 0) is 18.1 Å². The molecule has 1 unspecified atom stereocenters. The van der Waals surface area contributed by atoms with Gasteiger partial charge < -0.3 is 10.4 Å². The SMILES string of the molecule is CC(=O)NCC(CO)Cc1cccc(Cl)c1Cl. The molecule has 0 saturated heterocycles. The lowest BCUT2D eigenvalue weighted by Gasteiger charge is -2.15. The lowest BCUT2D eigenvalue weighted by molar-refractivity contribution is -0.119. The zero-order valence-electron chi connectivity index (χ0n) is 9.54. The van der Waals surface area contributed by atoms with E-state index in [1.807, 2.05) is 12.1 Å². The second kappa shape index (κ2) is 6.84. The molecule has 0 bridgehead atoms. The molecular weight excluding hydrogens is 261 g/mol. The van der Waals surface area contributed by atoms with Crippen molar-refractivity contribution in [1.29, 1.82) is 0 Å². The van der Waals surface area contributed by atoms with Gasteiger partial charge >= 0.3 is 0 Å². The average molecular weight is 276 g/mol. The third-order valence-electron chi connectivity index (χ3n) is 2.44. The number of rotatable bonds is 5. The second-order valence-electron chi connectivity index (χ2n) is 3.90. The van der Waals surface area contributed by atoms with E-state index >= 15 is 0 Å². The first kappa shape index (κ1) is 14.3. The van der Waals surface area contributed by atoms with Crippen molar-refractivity contribution >= 4 is 29.1 Å². The number of hydrogen-bond donors (Lipinski definition) is 2. The van der Waals surface area contributed by atoms with E-state index in [1.54, 1.807) is 6.07 Å². The van der Waals surface area contributed by atoms with E-state index in [2.05, 4.69) is 5.32 Å². The Hall–Kier alpha value is -0.770. The van der Waals surface area contributed by atoms with Crippen LogP contribution >= 0.6 is 23.2 Å². The molecule has 0 aliphatic heterocycles. The summed E-state index contributed by atoms with van der Waals surface area (Å²) in [6.45, 7) is 1.86. The van der Waals surface area contributed by atoms with Crippen molar-refractivity contribution in [2.24, 2.45) is 5.92 Å². The van der Waals surface area contributed by atoms with Crippen LogP contribution < -0.4 is 5.32 Å². The van der Waals surface area contributed by atoms with Gasteiger partial charge in [-0.2, -0.15) is 0 Å². The molecule has 1 aromatic carbocycles. The van der Waals surface area contributed by atoms with Crippen molar-refractivity contribution in [3.63, 3.8) is 0 Å². The van der Waals surface area contributed by atoms with Crippen molar-refractivity contribution in [2.45, 2.75) is 13.3 Å². The molecule has 0 radical (unpaired) electrons. The van der Waals surface area contributed by atoms with E-state index in [-0.39, 0.29) is 18.4 Å². The van der Waals surface area contributed by atoms with Crippen LogP contribution in [0.4, 0.5) is 0 Å². The number of carbonyl (C=O) groups excluding carboxylic acids is 1. The molecule has 0 fully saturated rings. The average Bonchev–Trinajstić information content (AvgIpc) is 2.29. The Morgan fingerprint density at radius 3 is 2.76 bits per heavy atom. The highest BCUT2D eigenvalue weighted by molar-refractivity contribution is 6.42. The predicted octanol–water partition coefficient (Wildman–Crippen LogP) is 2.28. The van der Waals surface area contributed by atoms with E-state index in [4.69, 9.17) is 23.2 Å². The Kier molecular flexibility index (Phi) is 5.75. The molecule has 1 aromatic rings. The molecule has 0 saturated carbocycles. The zero-order valence-corrected chi connectivity index (χ0v) is 11.1. The first-order chi connectivity index (χ1) is 8.04. The molecule has 3 nitrogen and oxygen atoms in total. The summed E-state index contributed by atoms with van der Waals surface area (Å²) in [6.07, 6.45) is 0.580. The molecular formula is C12H15Cl2NO2. The number of hydrogen-bond acceptors (Lipinski definition) is 2. The summed E-state index contributed by atoms with van der Waals surface area (Å²) < 4.78 is 0. The quantitative estimate of drug-likeness (QED) is 0.866. The summed E-state index contributed by atoms with van der Waals surface area (Å²) in [5.41, 5.74) is 0.878. The Labute approximate surface area is 111 Å². The summed E-state index contributed by atoms with van der Waals surface area (Å²) in [5, 5.41) is 12.9. The van der Waals surface area contributed by atoms with Gasteiger partial charge in [0.05, 0.1) is 10.0 Å². The maximum atomic E-state index is 10.8. The van der Waals surface area contributed by atoms with Crippen molar-refractivity contribution in [2.75, 3.05) is 13.2 Å². The molecule has 1 atom stereocenters. The maximum Gasteiger partial charge on any atom is 0.216 e. The highest BCUT2D eigenvalue weighted by Crippen LogP contribution is 2.27. The van der Waals surface area contributed by atoms with E-state index in [0.29, 0.717) is 23.0 Å². The van der Waals surface area contributed by atoms with Crippen LogP contribution in [0.5, 0.6) is 0 Å². The summed E-state index contributed by atoms with van der Waals surface area (Å²) in [7, 11) is 0. The van der Waals surface area contributed by atoms with Gasteiger partial charge in [-0.1, -0.05) is 35.3 Å². The predicted molar refractivity (Wildman–Crippen MR) is 69.4 cm³/mol. The van der Waals surface area contributed by atoms with Crippen molar-refractivity contribution in [3.05, 3.63) is 33.8 Å². The van der Waals surface area contributed by atoms with E-state index in [0.717, 1.165) is 5.56 Å². The monoisotopic (exact) mass is 275 g/mol. The Bertz CT molecular complexity index is 396. The third-order valence-corrected chi connectivity index (χ3v) is 3.30. The fourth-order valence-electron chi connectivity index (χ4n) is 1.51. The Balaban J connectivity index is 2.67. The van der Waals surface area contributed by atoms with Crippen LogP contribution in [0.1, 0.15) is 12.5 Å². The fourth-order valence-corrected chi connectivity index (χ4v) is 1.90. The van der Waals surface area contributed by atoms with E-state index in [1.165, 1.54) is 6.92 Å². The minimum absolute atomic E-state index is 0.0108. The number of halogens is 2. The summed E-state index contributed by atoms with van der Waals surface area (Å²) in [6, 6.07) is 5.40. The zero-order chi connectivity index (χ0) is 12.8. The molecule has 17 heavy (non-hydrogen) atoms. The van der Waals surface area contributed by atoms with Gasteiger partial charge in [0.15, 0.2) is 0 Å². The van der Waals surface area contributed by atoms with Crippen LogP contribution in [0.3, 0.4) is 0 Å². The number of aliphatic hydroxyl groups is 1. The molecule has 0 spiro atoms. The first-order valence-electron chi connectivity index (χ1n) is 5.32. The molecule has 94 valence electrons. The van der Waals surface area contributed by atoms with Gasteiger partial charge in [0.25, 0.3) is 0 Å². The number of aliphatic hydroxyl groups excluding tert-OH is 1. The first-order valence-corrected chi connectivity index (χ1v) is 6.08. The highest BCUT2D eigenvalue weighted by Gasteiger charge is 2.12. The summed E-state index contributed by atoms with van der Waals surface area (Å²) in [4.78, 5) is 10.8. The molecule has 1 amide bonds. The standard InChI is InChI=1S/C12H15Cl2NO2/c1-8(17)15-6-9(7-16)5-10-3-2-4-11(13)12(10)14/h2-4,9,16H,5-7H2,1H3,(H,15,17). The number of benzene rings is 1. The number of carbonyl (C=O) groups is 1. The largest absolute Gasteiger partial charge is 0.396 e. The second-order valence-corrected chi connectivity index (χ2v) is 4.69. The van der Waals surface area contributed by atoms with Crippen molar-refractivity contribution in [3.8, 4) is 0 Å². The van der Waals surface area contributed by atoms with Crippen LogP contribution in [0.15, 0.2) is 18.2 Å². The number of nitrogens with one attached hydrogen (secondary N) is 1. The molecule has 0 aliphatic carbocycles. The van der Waals surface area contributed by atoms with Gasteiger partial charge in [-0.15, -0.1) is 0 Å². The number of amides is 1. The van der Waals surface area contributed by atoms with Crippen molar-refractivity contribution in [1.82, 2.24) is 5.32 Å². The lowest BCUT2D eigenvalue weighted by Crippen LogP contribution is -2.30. The molecule has 0 heterocycles. The van der Waals surface area contributed by atoms with Gasteiger partial charge in [-0.3, -0.25) is 4.79 Å². The summed E-state index contributed by atoms with van der Waals surface area (Å²) in [5.74, 6) is -0.171. The normalized spacial score (nSPS) is 12.2. The fraction of sp³-hybridized carbons (Fsp3) is 0.417. The maximum absolute atomic E-state index is 10.8.